The minimum absolute atomic E-state index is 0.732. The second-order valence-electron chi connectivity index (χ2n) is 5.58. The van der Waals surface area contributed by atoms with Crippen molar-refractivity contribution in [1.29, 1.82) is 0 Å². The van der Waals surface area contributed by atoms with E-state index >= 15 is 0 Å². The molecule has 0 N–H and O–H groups in total. The Kier molecular flexibility index (Phi) is 4.34. The molecule has 21 heavy (non-hydrogen) atoms. The first-order chi connectivity index (χ1) is 10.3. The van der Waals surface area contributed by atoms with E-state index in [1.807, 2.05) is 30.3 Å². The summed E-state index contributed by atoms with van der Waals surface area (Å²) < 4.78 is 0. The van der Waals surface area contributed by atoms with Crippen molar-refractivity contribution in [3.63, 3.8) is 0 Å². The number of benzene rings is 1. The van der Waals surface area contributed by atoms with Gasteiger partial charge in [-0.3, -0.25) is 4.79 Å². The molecule has 2 heterocycles. The van der Waals surface area contributed by atoms with Gasteiger partial charge in [0, 0.05) is 18.7 Å². The van der Waals surface area contributed by atoms with Gasteiger partial charge in [0.05, 0.1) is 10.6 Å². The number of carbonyl (C=O) groups is 1. The van der Waals surface area contributed by atoms with Crippen LogP contribution >= 0.6 is 11.3 Å². The summed E-state index contributed by atoms with van der Waals surface area (Å²) in [4.78, 5) is 19.2. The Hall–Kier alpha value is -1.68. The molecule has 0 radical (unpaired) electrons. The van der Waals surface area contributed by atoms with Gasteiger partial charge in [0.1, 0.15) is 0 Å². The molecule has 1 aliphatic rings. The summed E-state index contributed by atoms with van der Waals surface area (Å²) in [5, 5.41) is 0.995. The molecule has 1 aromatic carbocycles. The molecule has 1 atom stereocenters. The summed E-state index contributed by atoms with van der Waals surface area (Å²) in [5.41, 5.74) is 1.84. The number of carbonyl (C=O) groups excluding carboxylic acids is 1. The lowest BCUT2D eigenvalue weighted by molar-refractivity contribution is 0.112. The summed E-state index contributed by atoms with van der Waals surface area (Å²) in [7, 11) is 0. The fourth-order valence-corrected chi connectivity index (χ4v) is 3.93. The third-order valence-corrected chi connectivity index (χ3v) is 5.09. The number of aromatic nitrogens is 1. The SMILES string of the molecule is CCCC1CCN(c2nc(-c3ccccc3)c(C=O)s2)C1. The van der Waals surface area contributed by atoms with Gasteiger partial charge in [0.15, 0.2) is 11.4 Å². The van der Waals surface area contributed by atoms with Gasteiger partial charge < -0.3 is 4.90 Å². The van der Waals surface area contributed by atoms with Gasteiger partial charge in [-0.2, -0.15) is 0 Å². The van der Waals surface area contributed by atoms with Crippen molar-refractivity contribution in [3.05, 3.63) is 35.2 Å². The van der Waals surface area contributed by atoms with Crippen LogP contribution in [0.15, 0.2) is 30.3 Å². The molecule has 3 rings (SSSR count). The standard InChI is InChI=1S/C17H20N2OS/c1-2-6-13-9-10-19(11-13)17-18-16(15(12-20)21-17)14-7-4-3-5-8-14/h3-5,7-8,12-13H,2,6,9-11H2,1H3. The normalized spacial score (nSPS) is 18.1. The quantitative estimate of drug-likeness (QED) is 0.774. The van der Waals surface area contributed by atoms with Crippen LogP contribution < -0.4 is 4.90 Å². The van der Waals surface area contributed by atoms with Crippen LogP contribution in [0.3, 0.4) is 0 Å². The zero-order valence-electron chi connectivity index (χ0n) is 12.3. The number of hydrogen-bond acceptors (Lipinski definition) is 4. The Bertz CT molecular complexity index is 609. The van der Waals surface area contributed by atoms with E-state index in [2.05, 4.69) is 11.8 Å². The Morgan fingerprint density at radius 2 is 2.19 bits per heavy atom. The maximum atomic E-state index is 11.3. The number of rotatable bonds is 5. The Labute approximate surface area is 129 Å². The monoisotopic (exact) mass is 300 g/mol. The predicted octanol–water partition coefficient (Wildman–Crippen LogP) is 4.25. The van der Waals surface area contributed by atoms with E-state index in [9.17, 15) is 4.79 Å². The van der Waals surface area contributed by atoms with Crippen LogP contribution in [0.5, 0.6) is 0 Å². The zero-order valence-corrected chi connectivity index (χ0v) is 13.1. The van der Waals surface area contributed by atoms with Crippen molar-refractivity contribution in [3.8, 4) is 11.3 Å². The first-order valence-corrected chi connectivity index (χ1v) is 8.39. The number of anilines is 1. The predicted molar refractivity (Wildman–Crippen MR) is 88.2 cm³/mol. The number of thiazole rings is 1. The molecule has 2 aromatic rings. The van der Waals surface area contributed by atoms with E-state index in [0.717, 1.165) is 46.6 Å². The first kappa shape index (κ1) is 14.3. The van der Waals surface area contributed by atoms with Gasteiger partial charge in [-0.1, -0.05) is 55.0 Å². The van der Waals surface area contributed by atoms with Crippen LogP contribution in [-0.4, -0.2) is 24.4 Å². The van der Waals surface area contributed by atoms with E-state index in [-0.39, 0.29) is 0 Å². The number of nitrogens with zero attached hydrogens (tertiary/aromatic N) is 2. The number of aldehydes is 1. The molecule has 1 fully saturated rings. The molecule has 0 amide bonds. The number of hydrogen-bond donors (Lipinski definition) is 0. The fraction of sp³-hybridized carbons (Fsp3) is 0.412. The van der Waals surface area contributed by atoms with E-state index in [1.165, 1.54) is 30.6 Å². The van der Waals surface area contributed by atoms with Crippen LogP contribution in [0.4, 0.5) is 5.13 Å². The molecule has 0 saturated carbocycles. The van der Waals surface area contributed by atoms with Crippen molar-refractivity contribution in [1.82, 2.24) is 4.98 Å². The summed E-state index contributed by atoms with van der Waals surface area (Å²) in [5.74, 6) is 0.777. The van der Waals surface area contributed by atoms with Crippen molar-refractivity contribution >= 4 is 22.8 Å². The largest absolute Gasteiger partial charge is 0.348 e. The van der Waals surface area contributed by atoms with E-state index in [1.54, 1.807) is 0 Å². The molecule has 0 bridgehead atoms. The molecule has 1 saturated heterocycles. The van der Waals surface area contributed by atoms with Crippen LogP contribution in [0.1, 0.15) is 35.9 Å². The molecular weight excluding hydrogens is 280 g/mol. The fourth-order valence-electron chi connectivity index (χ4n) is 2.99. The average Bonchev–Trinajstić information content (AvgIpc) is 3.14. The van der Waals surface area contributed by atoms with Crippen molar-refractivity contribution in [2.45, 2.75) is 26.2 Å². The zero-order chi connectivity index (χ0) is 14.7. The second kappa shape index (κ2) is 6.39. The summed E-state index contributed by atoms with van der Waals surface area (Å²) in [6.07, 6.45) is 4.70. The van der Waals surface area contributed by atoms with Crippen LogP contribution in [0.2, 0.25) is 0 Å². The minimum Gasteiger partial charge on any atom is -0.348 e. The lowest BCUT2D eigenvalue weighted by Gasteiger charge is -2.14. The molecule has 1 aromatic heterocycles. The summed E-state index contributed by atoms with van der Waals surface area (Å²) in [6, 6.07) is 9.96. The Morgan fingerprint density at radius 1 is 1.38 bits per heavy atom. The summed E-state index contributed by atoms with van der Waals surface area (Å²) in [6.45, 7) is 4.38. The van der Waals surface area contributed by atoms with Crippen molar-refractivity contribution in [2.24, 2.45) is 5.92 Å². The van der Waals surface area contributed by atoms with E-state index in [0.29, 0.717) is 0 Å². The van der Waals surface area contributed by atoms with Crippen molar-refractivity contribution < 1.29 is 4.79 Å². The van der Waals surface area contributed by atoms with Gasteiger partial charge in [0.25, 0.3) is 0 Å². The lowest BCUT2D eigenvalue weighted by Crippen LogP contribution is -2.19. The topological polar surface area (TPSA) is 33.2 Å². The Balaban J connectivity index is 1.85. The van der Waals surface area contributed by atoms with Gasteiger partial charge >= 0.3 is 0 Å². The van der Waals surface area contributed by atoms with E-state index in [4.69, 9.17) is 4.98 Å². The maximum Gasteiger partial charge on any atom is 0.186 e. The molecule has 4 heteroatoms. The van der Waals surface area contributed by atoms with Gasteiger partial charge in [-0.15, -0.1) is 0 Å². The molecule has 0 aliphatic carbocycles. The van der Waals surface area contributed by atoms with Crippen LogP contribution in [0, 0.1) is 5.92 Å². The molecule has 0 spiro atoms. The molecule has 110 valence electrons. The first-order valence-electron chi connectivity index (χ1n) is 7.58. The highest BCUT2D eigenvalue weighted by Gasteiger charge is 2.25. The van der Waals surface area contributed by atoms with Gasteiger partial charge in [-0.05, 0) is 18.8 Å². The summed E-state index contributed by atoms with van der Waals surface area (Å²) >= 11 is 1.52. The third-order valence-electron chi connectivity index (χ3n) is 4.05. The molecule has 3 nitrogen and oxygen atoms in total. The lowest BCUT2D eigenvalue weighted by atomic mass is 10.0. The highest BCUT2D eigenvalue weighted by atomic mass is 32.1. The Morgan fingerprint density at radius 3 is 2.90 bits per heavy atom. The van der Waals surface area contributed by atoms with Crippen LogP contribution in [0.25, 0.3) is 11.3 Å². The van der Waals surface area contributed by atoms with Gasteiger partial charge in [-0.25, -0.2) is 4.98 Å². The van der Waals surface area contributed by atoms with Crippen molar-refractivity contribution in [2.75, 3.05) is 18.0 Å². The van der Waals surface area contributed by atoms with E-state index < -0.39 is 0 Å². The van der Waals surface area contributed by atoms with Crippen LogP contribution in [-0.2, 0) is 0 Å². The third kappa shape index (κ3) is 3.00. The molecule has 1 unspecified atom stereocenters. The van der Waals surface area contributed by atoms with Gasteiger partial charge in [0.2, 0.25) is 0 Å². The highest BCUT2D eigenvalue weighted by molar-refractivity contribution is 7.17. The second-order valence-corrected chi connectivity index (χ2v) is 6.59. The molecule has 1 aliphatic heterocycles. The minimum atomic E-state index is 0.732. The molecular formula is C17H20N2OS. The highest BCUT2D eigenvalue weighted by Crippen LogP contribution is 2.35. The smallest absolute Gasteiger partial charge is 0.186 e. The average molecular weight is 300 g/mol. The maximum absolute atomic E-state index is 11.3.